The van der Waals surface area contributed by atoms with Gasteiger partial charge in [0.05, 0.1) is 11.4 Å². The predicted molar refractivity (Wildman–Crippen MR) is 156 cm³/mol. The summed E-state index contributed by atoms with van der Waals surface area (Å²) in [7, 11) is 0. The van der Waals surface area contributed by atoms with Crippen molar-refractivity contribution in [2.24, 2.45) is 5.92 Å². The minimum Gasteiger partial charge on any atom is -0.384 e. The number of nitrogens with zero attached hydrogens (tertiary/aromatic N) is 4. The molecule has 2 saturated heterocycles. The van der Waals surface area contributed by atoms with Crippen molar-refractivity contribution in [3.63, 3.8) is 0 Å². The van der Waals surface area contributed by atoms with Gasteiger partial charge in [-0.05, 0) is 86.8 Å². The number of amides is 2. The molecule has 2 aromatic heterocycles. The third-order valence-electron chi connectivity index (χ3n) is 7.48. The van der Waals surface area contributed by atoms with Gasteiger partial charge in [0, 0.05) is 48.5 Å². The second-order valence-electron chi connectivity index (χ2n) is 10.2. The first-order chi connectivity index (χ1) is 18.9. The highest BCUT2D eigenvalue weighted by molar-refractivity contribution is 9.10. The van der Waals surface area contributed by atoms with Gasteiger partial charge in [0.15, 0.2) is 0 Å². The van der Waals surface area contributed by atoms with Crippen molar-refractivity contribution in [1.29, 1.82) is 0 Å². The number of benzene rings is 1. The Hall–Kier alpha value is -3.50. The molecule has 0 unspecified atom stereocenters. The van der Waals surface area contributed by atoms with Crippen molar-refractivity contribution >= 4 is 44.9 Å². The van der Waals surface area contributed by atoms with Crippen LogP contribution in [0.3, 0.4) is 0 Å². The molecule has 0 saturated carbocycles. The molecule has 0 aliphatic carbocycles. The maximum Gasteiger partial charge on any atom is 0.274 e. The van der Waals surface area contributed by atoms with Gasteiger partial charge in [0.2, 0.25) is 5.91 Å². The van der Waals surface area contributed by atoms with Gasteiger partial charge in [-0.3, -0.25) is 19.5 Å². The van der Waals surface area contributed by atoms with Gasteiger partial charge >= 0.3 is 0 Å². The fourth-order valence-electron chi connectivity index (χ4n) is 5.34. The highest BCUT2D eigenvalue weighted by Crippen LogP contribution is 2.29. The Labute approximate surface area is 237 Å². The van der Waals surface area contributed by atoms with Crippen molar-refractivity contribution < 1.29 is 9.59 Å². The predicted octanol–water partition coefficient (Wildman–Crippen LogP) is 4.39. The van der Waals surface area contributed by atoms with Gasteiger partial charge in [-0.15, -0.1) is 0 Å². The number of hydrogen-bond donors (Lipinski definition) is 3. The van der Waals surface area contributed by atoms with E-state index in [1.807, 2.05) is 35.2 Å². The number of nitrogen functional groups attached to an aromatic ring is 1. The first-order valence-corrected chi connectivity index (χ1v) is 14.2. The molecule has 0 spiro atoms. The number of piperidine rings is 2. The third-order valence-corrected chi connectivity index (χ3v) is 7.98. The van der Waals surface area contributed by atoms with E-state index in [9.17, 15) is 9.59 Å². The Balaban J connectivity index is 1.11. The van der Waals surface area contributed by atoms with E-state index in [1.54, 1.807) is 30.6 Å². The number of carbonyl (C=O) groups is 2. The minimum absolute atomic E-state index is 0.0909. The second kappa shape index (κ2) is 12.6. The molecule has 0 radical (unpaired) electrons. The van der Waals surface area contributed by atoms with Crippen LogP contribution in [0, 0.1) is 5.92 Å². The quantitative estimate of drug-likeness (QED) is 0.373. The lowest BCUT2D eigenvalue weighted by Gasteiger charge is -2.37. The van der Waals surface area contributed by atoms with E-state index in [-0.39, 0.29) is 23.8 Å². The van der Waals surface area contributed by atoms with Gasteiger partial charge < -0.3 is 21.3 Å². The SMILES string of the molecule is Nc1cc(CN2CCC(C(=O)N3CCC(Nc4ccc(Br)cc4NC(=O)c4ccccn4)CC3)CC2)ccn1. The Morgan fingerprint density at radius 3 is 2.44 bits per heavy atom. The summed E-state index contributed by atoms with van der Waals surface area (Å²) in [5.74, 6) is 0.663. The van der Waals surface area contributed by atoms with E-state index in [2.05, 4.69) is 41.4 Å². The summed E-state index contributed by atoms with van der Waals surface area (Å²) in [6.45, 7) is 4.13. The van der Waals surface area contributed by atoms with Crippen LogP contribution >= 0.6 is 15.9 Å². The van der Waals surface area contributed by atoms with Gasteiger partial charge in [0.25, 0.3) is 5.91 Å². The van der Waals surface area contributed by atoms with E-state index in [0.717, 1.165) is 74.1 Å². The van der Waals surface area contributed by atoms with E-state index in [4.69, 9.17) is 5.73 Å². The first kappa shape index (κ1) is 27.1. The van der Waals surface area contributed by atoms with E-state index < -0.39 is 0 Å². The monoisotopic (exact) mass is 591 g/mol. The molecule has 5 rings (SSSR count). The Morgan fingerprint density at radius 1 is 0.923 bits per heavy atom. The molecule has 39 heavy (non-hydrogen) atoms. The minimum atomic E-state index is -0.256. The van der Waals surface area contributed by atoms with Gasteiger partial charge in [0.1, 0.15) is 11.5 Å². The molecular formula is C29H34BrN7O2. The first-order valence-electron chi connectivity index (χ1n) is 13.4. The maximum atomic E-state index is 13.3. The van der Waals surface area contributed by atoms with E-state index in [1.165, 1.54) is 0 Å². The van der Waals surface area contributed by atoms with Crippen LogP contribution in [0.2, 0.25) is 0 Å². The molecule has 204 valence electrons. The van der Waals surface area contributed by atoms with Crippen LogP contribution in [0.25, 0.3) is 0 Å². The van der Waals surface area contributed by atoms with Gasteiger partial charge in [-0.2, -0.15) is 0 Å². The largest absolute Gasteiger partial charge is 0.384 e. The van der Waals surface area contributed by atoms with Gasteiger partial charge in [-0.25, -0.2) is 4.98 Å². The number of hydrogen-bond acceptors (Lipinski definition) is 7. The second-order valence-corrected chi connectivity index (χ2v) is 11.2. The standard InChI is InChI=1S/C29H34BrN7O2/c30-22-4-5-24(26(18-22)35-28(38)25-3-1-2-11-32-25)34-23-9-15-37(16-10-23)29(39)21-7-13-36(14-8-21)19-20-6-12-33-27(31)17-20/h1-6,11-12,17-18,21,23,34H,7-10,13-16,19H2,(H2,31,33)(H,35,38). The lowest BCUT2D eigenvalue weighted by atomic mass is 9.93. The summed E-state index contributed by atoms with van der Waals surface area (Å²) in [4.78, 5) is 38.6. The summed E-state index contributed by atoms with van der Waals surface area (Å²) < 4.78 is 0.876. The molecule has 0 atom stereocenters. The molecule has 1 aromatic carbocycles. The summed E-state index contributed by atoms with van der Waals surface area (Å²) in [6, 6.07) is 15.2. The summed E-state index contributed by atoms with van der Waals surface area (Å²) in [6.07, 6.45) is 6.84. The van der Waals surface area contributed by atoms with Crippen molar-refractivity contribution in [2.45, 2.75) is 38.3 Å². The number of rotatable bonds is 7. The number of anilines is 3. The summed E-state index contributed by atoms with van der Waals surface area (Å²) in [5, 5.41) is 6.57. The number of aromatic nitrogens is 2. The van der Waals surface area contributed by atoms with Crippen LogP contribution < -0.4 is 16.4 Å². The van der Waals surface area contributed by atoms with E-state index in [0.29, 0.717) is 17.2 Å². The number of halogens is 1. The number of likely N-dealkylation sites (tertiary alicyclic amines) is 2. The molecule has 2 fully saturated rings. The normalized spacial score (nSPS) is 17.1. The average Bonchev–Trinajstić information content (AvgIpc) is 2.95. The molecule has 2 aliphatic rings. The van der Waals surface area contributed by atoms with Crippen LogP contribution in [-0.2, 0) is 11.3 Å². The molecule has 4 N–H and O–H groups in total. The third kappa shape index (κ3) is 7.13. The molecule has 0 bridgehead atoms. The summed E-state index contributed by atoms with van der Waals surface area (Å²) >= 11 is 3.50. The number of pyridine rings is 2. The zero-order valence-electron chi connectivity index (χ0n) is 21.9. The van der Waals surface area contributed by atoms with Crippen molar-refractivity contribution in [1.82, 2.24) is 19.8 Å². The van der Waals surface area contributed by atoms with E-state index >= 15 is 0 Å². The number of carbonyl (C=O) groups excluding carboxylic acids is 2. The number of nitrogens with two attached hydrogens (primary N) is 1. The fourth-order valence-corrected chi connectivity index (χ4v) is 5.70. The molecule has 2 aliphatic heterocycles. The molecular weight excluding hydrogens is 558 g/mol. The highest BCUT2D eigenvalue weighted by Gasteiger charge is 2.31. The van der Waals surface area contributed by atoms with Crippen molar-refractivity contribution in [3.05, 3.63) is 76.7 Å². The molecule has 3 aromatic rings. The maximum absolute atomic E-state index is 13.3. The zero-order chi connectivity index (χ0) is 27.2. The van der Waals surface area contributed by atoms with Crippen molar-refractivity contribution in [2.75, 3.05) is 42.5 Å². The Kier molecular flexibility index (Phi) is 8.73. The highest BCUT2D eigenvalue weighted by atomic mass is 79.9. The smallest absolute Gasteiger partial charge is 0.274 e. The Morgan fingerprint density at radius 2 is 1.72 bits per heavy atom. The average molecular weight is 593 g/mol. The molecule has 10 heteroatoms. The molecule has 9 nitrogen and oxygen atoms in total. The van der Waals surface area contributed by atoms with Crippen LogP contribution in [-0.4, -0.2) is 63.8 Å². The van der Waals surface area contributed by atoms with Gasteiger partial charge in [-0.1, -0.05) is 22.0 Å². The Bertz CT molecular complexity index is 1290. The molecule has 4 heterocycles. The lowest BCUT2D eigenvalue weighted by molar-refractivity contribution is -0.138. The van der Waals surface area contributed by atoms with Crippen LogP contribution in [0.1, 0.15) is 41.7 Å². The molecule has 2 amide bonds. The topological polar surface area (TPSA) is 116 Å². The summed E-state index contributed by atoms with van der Waals surface area (Å²) in [5.41, 5.74) is 8.88. The van der Waals surface area contributed by atoms with Crippen molar-refractivity contribution in [3.8, 4) is 0 Å². The lowest BCUT2D eigenvalue weighted by Crippen LogP contribution is -2.47. The zero-order valence-corrected chi connectivity index (χ0v) is 23.4. The van der Waals surface area contributed by atoms with Crippen LogP contribution in [0.15, 0.2) is 65.4 Å². The number of nitrogens with one attached hydrogen (secondary N) is 2. The fraction of sp³-hybridized carbons (Fsp3) is 0.379. The van der Waals surface area contributed by atoms with Crippen LogP contribution in [0.5, 0.6) is 0 Å². The van der Waals surface area contributed by atoms with Crippen LogP contribution in [0.4, 0.5) is 17.2 Å².